The molecular weight excluding hydrogens is 1070 g/mol. The number of likely N-dealkylation sites (N-methyl/N-ethyl adjacent to an activating group) is 1. The van der Waals surface area contributed by atoms with Crippen LogP contribution in [0.3, 0.4) is 0 Å². The summed E-state index contributed by atoms with van der Waals surface area (Å²) in [5.41, 5.74) is 1.10. The number of anilines is 4. The first-order valence-electron chi connectivity index (χ1n) is 25.7. The molecule has 3 fully saturated rings. The summed E-state index contributed by atoms with van der Waals surface area (Å²) in [4.78, 5) is 24.3. The van der Waals surface area contributed by atoms with Crippen molar-refractivity contribution in [3.05, 3.63) is 138 Å². The van der Waals surface area contributed by atoms with E-state index < -0.39 is 41.2 Å². The van der Waals surface area contributed by atoms with E-state index >= 15 is 0 Å². The van der Waals surface area contributed by atoms with Gasteiger partial charge >= 0.3 is 5.51 Å². The van der Waals surface area contributed by atoms with Crippen LogP contribution in [0.2, 0.25) is 5.02 Å². The van der Waals surface area contributed by atoms with Gasteiger partial charge in [0.05, 0.1) is 27.9 Å². The number of benzene rings is 5. The Bertz CT molecular complexity index is 3250. The Labute approximate surface area is 458 Å². The summed E-state index contributed by atoms with van der Waals surface area (Å²) in [5, 5.41) is 13.7. The average molecular weight is 1130 g/mol. The Morgan fingerprint density at radius 2 is 1.40 bits per heavy atom. The van der Waals surface area contributed by atoms with Crippen LogP contribution in [-0.2, 0) is 26.9 Å². The van der Waals surface area contributed by atoms with Gasteiger partial charge in [-0.25, -0.2) is 16.8 Å². The number of aliphatic hydroxyl groups is 1. The molecular formula is C56H64ClF3N8O6S3. The van der Waals surface area contributed by atoms with Gasteiger partial charge < -0.3 is 39.5 Å². The normalized spacial score (nSPS) is 16.9. The molecule has 1 atom stereocenters. The quantitative estimate of drug-likeness (QED) is 0.0747. The van der Waals surface area contributed by atoms with Gasteiger partial charge in [-0.05, 0) is 123 Å². The van der Waals surface area contributed by atoms with E-state index in [-0.39, 0.29) is 23.4 Å². The summed E-state index contributed by atoms with van der Waals surface area (Å²) >= 11 is 7.79. The number of sulfonamides is 1. The largest absolute Gasteiger partial charge is 0.501 e. The summed E-state index contributed by atoms with van der Waals surface area (Å²) in [7, 11) is -6.56. The van der Waals surface area contributed by atoms with E-state index in [4.69, 9.17) is 11.6 Å². The van der Waals surface area contributed by atoms with Crippen molar-refractivity contribution in [2.45, 2.75) is 58.5 Å². The number of hydrogen-bond acceptors (Lipinski definition) is 12. The molecule has 21 heteroatoms. The van der Waals surface area contributed by atoms with Crippen molar-refractivity contribution in [1.29, 1.82) is 0 Å². The number of alkyl halides is 3. The Hall–Kier alpha value is -5.74. The standard InChI is InChI=1S/C56H64ClF3N8O6S3/c1-39-52(55(70)68-30-28-63(2)29-31-68)53(54(64(39)3)40-12-14-42(57)15-13-40)41-8-7-9-46(36-41)67-34-32-66(33-35-67)45-18-16-43(17-19-45)62-77(73,74)49-20-21-50(51(37-49)76(71,72)56(58,59)60)61-44(38-75-48-10-5-4-6-11-48)22-25-65-26-23-47(69)24-27-65/h4-21,36-37,44,47,61-62,69H,22-35,38H2,1-3H3/t44-/m1/s1. The van der Waals surface area contributed by atoms with Crippen LogP contribution in [0.5, 0.6) is 0 Å². The SMILES string of the molecule is Cc1c(C(=O)N2CCN(C)CC2)c(-c2cccc(N3CCN(c4ccc(NS(=O)(=O)c5ccc(N[C@H](CCN6CCC(O)CC6)CSc6ccccc6)c(S(=O)(=O)C(F)(F)F)c5)cc4)CC3)c2)c(-c2ccc(Cl)cc2)n1C. The van der Waals surface area contributed by atoms with Crippen molar-refractivity contribution < 1.29 is 39.9 Å². The fourth-order valence-corrected chi connectivity index (χ4v) is 13.5. The zero-order chi connectivity index (χ0) is 54.6. The second kappa shape index (κ2) is 23.7. The van der Waals surface area contributed by atoms with E-state index in [1.165, 1.54) is 11.8 Å². The first-order valence-corrected chi connectivity index (χ1v) is 30.0. The van der Waals surface area contributed by atoms with Gasteiger partial charge in [-0.1, -0.05) is 54.1 Å². The second-order valence-corrected chi connectivity index (χ2v) is 25.1. The van der Waals surface area contributed by atoms with E-state index in [2.05, 4.69) is 59.5 Å². The number of carbonyl (C=O) groups is 1. The number of sulfone groups is 1. The lowest BCUT2D eigenvalue weighted by molar-refractivity contribution is -0.0436. The molecule has 4 heterocycles. The van der Waals surface area contributed by atoms with Gasteiger partial charge in [0.1, 0.15) is 4.90 Å². The van der Waals surface area contributed by atoms with Gasteiger partial charge in [0.25, 0.3) is 25.8 Å². The van der Waals surface area contributed by atoms with E-state index in [0.29, 0.717) is 101 Å². The number of piperidine rings is 1. The van der Waals surface area contributed by atoms with Gasteiger partial charge in [0.15, 0.2) is 0 Å². The smallest absolute Gasteiger partial charge is 0.393 e. The van der Waals surface area contributed by atoms with Crippen LogP contribution in [0, 0.1) is 6.92 Å². The lowest BCUT2D eigenvalue weighted by atomic mass is 9.95. The molecule has 3 aliphatic rings. The Morgan fingerprint density at radius 1 is 0.753 bits per heavy atom. The Morgan fingerprint density at radius 3 is 2.05 bits per heavy atom. The number of piperazine rings is 2. The lowest BCUT2D eigenvalue weighted by Crippen LogP contribution is -2.47. The molecule has 0 spiro atoms. The molecule has 0 radical (unpaired) electrons. The number of hydrogen-bond donors (Lipinski definition) is 3. The predicted octanol–water partition coefficient (Wildman–Crippen LogP) is 9.55. The number of nitrogens with one attached hydrogen (secondary N) is 2. The Kier molecular flexibility index (Phi) is 17.2. The molecule has 1 aromatic heterocycles. The number of nitrogens with zero attached hydrogens (tertiary/aromatic N) is 6. The van der Waals surface area contributed by atoms with Crippen LogP contribution in [0.15, 0.2) is 136 Å². The maximum atomic E-state index is 14.5. The van der Waals surface area contributed by atoms with Crippen LogP contribution < -0.4 is 19.8 Å². The summed E-state index contributed by atoms with van der Waals surface area (Å²) in [6, 6.07) is 34.2. The first-order chi connectivity index (χ1) is 36.8. The summed E-state index contributed by atoms with van der Waals surface area (Å²) < 4.78 is 102. The van der Waals surface area contributed by atoms with E-state index in [1.807, 2.05) is 79.5 Å². The molecule has 0 aliphatic carbocycles. The van der Waals surface area contributed by atoms with Crippen molar-refractivity contribution in [2.24, 2.45) is 7.05 Å². The van der Waals surface area contributed by atoms with Crippen LogP contribution in [0.25, 0.3) is 22.4 Å². The number of halogens is 4. The molecule has 3 saturated heterocycles. The number of likely N-dealkylation sites (tertiary alicyclic amines) is 1. The molecule has 77 heavy (non-hydrogen) atoms. The first kappa shape index (κ1) is 56.0. The monoisotopic (exact) mass is 1130 g/mol. The predicted molar refractivity (Wildman–Crippen MR) is 302 cm³/mol. The van der Waals surface area contributed by atoms with Crippen LogP contribution in [0.1, 0.15) is 35.3 Å². The zero-order valence-corrected chi connectivity index (χ0v) is 46.4. The molecule has 9 rings (SSSR count). The van der Waals surface area contributed by atoms with Crippen LogP contribution in [-0.4, -0.2) is 150 Å². The molecule has 5 aromatic carbocycles. The third-order valence-electron chi connectivity index (χ3n) is 14.8. The van der Waals surface area contributed by atoms with Crippen LogP contribution >= 0.6 is 23.4 Å². The number of amides is 1. The average Bonchev–Trinajstić information content (AvgIpc) is 3.79. The van der Waals surface area contributed by atoms with Gasteiger partial charge in [0.2, 0.25) is 0 Å². The van der Waals surface area contributed by atoms with Crippen molar-refractivity contribution in [3.63, 3.8) is 0 Å². The second-order valence-electron chi connectivity index (χ2n) is 20.0. The van der Waals surface area contributed by atoms with Gasteiger partial charge in [0, 0.05) is 129 Å². The topological polar surface area (TPSA) is 151 Å². The highest BCUT2D eigenvalue weighted by Gasteiger charge is 2.48. The van der Waals surface area contributed by atoms with Crippen molar-refractivity contribution in [1.82, 2.24) is 19.3 Å². The minimum absolute atomic E-state index is 0.00737. The molecule has 0 bridgehead atoms. The molecule has 1 amide bonds. The maximum Gasteiger partial charge on any atom is 0.501 e. The third-order valence-corrected chi connectivity index (χ3v) is 19.2. The minimum Gasteiger partial charge on any atom is -0.393 e. The summed E-state index contributed by atoms with van der Waals surface area (Å²) in [6.07, 6.45) is 1.25. The number of carbonyl (C=O) groups excluding carboxylic acids is 1. The number of aromatic nitrogens is 1. The maximum absolute atomic E-state index is 14.5. The molecule has 3 N–H and O–H groups in total. The van der Waals surface area contributed by atoms with Crippen LogP contribution in [0.4, 0.5) is 35.9 Å². The molecule has 6 aromatic rings. The highest BCUT2D eigenvalue weighted by molar-refractivity contribution is 7.99. The number of rotatable bonds is 17. The molecule has 0 saturated carbocycles. The summed E-state index contributed by atoms with van der Waals surface area (Å²) in [5.74, 6) is 0.380. The third kappa shape index (κ3) is 12.9. The van der Waals surface area contributed by atoms with E-state index in [0.717, 1.165) is 69.6 Å². The lowest BCUT2D eigenvalue weighted by Gasteiger charge is -2.37. The molecule has 3 aliphatic heterocycles. The fraction of sp³-hybridized carbons (Fsp3) is 0.375. The highest BCUT2D eigenvalue weighted by Crippen LogP contribution is 2.42. The number of thioether (sulfide) groups is 1. The zero-order valence-electron chi connectivity index (χ0n) is 43.2. The van der Waals surface area contributed by atoms with Crippen molar-refractivity contribution in [3.8, 4) is 22.4 Å². The van der Waals surface area contributed by atoms with Gasteiger partial charge in [-0.3, -0.25) is 9.52 Å². The fourth-order valence-electron chi connectivity index (χ4n) is 10.2. The van der Waals surface area contributed by atoms with Gasteiger partial charge in [-0.2, -0.15) is 13.2 Å². The summed E-state index contributed by atoms with van der Waals surface area (Å²) in [6.45, 7) is 9.31. The van der Waals surface area contributed by atoms with Gasteiger partial charge in [-0.15, -0.1) is 11.8 Å². The van der Waals surface area contributed by atoms with Crippen molar-refractivity contribution >= 4 is 71.9 Å². The molecule has 0 unspecified atom stereocenters. The number of aliphatic hydroxyl groups excluding tert-OH is 1. The van der Waals surface area contributed by atoms with Crippen molar-refractivity contribution in [2.75, 3.05) is 105 Å². The van der Waals surface area contributed by atoms with E-state index in [1.54, 1.807) is 24.3 Å². The Balaban J connectivity index is 0.895. The van der Waals surface area contributed by atoms with E-state index in [9.17, 15) is 39.9 Å². The minimum atomic E-state index is -6.02. The highest BCUT2D eigenvalue weighted by atomic mass is 35.5. The molecule has 14 nitrogen and oxygen atoms in total. The molecule has 410 valence electrons.